The molecule has 2 amide bonds. The molecule has 0 radical (unpaired) electrons. The highest BCUT2D eigenvalue weighted by molar-refractivity contribution is 6.37. The maximum atomic E-state index is 12.9. The Bertz CT molecular complexity index is 1010. The van der Waals surface area contributed by atoms with Crippen LogP contribution in [-0.2, 0) is 9.59 Å². The number of carbonyl (C=O) groups is 2. The lowest BCUT2D eigenvalue weighted by molar-refractivity contribution is -0.274. The molecule has 0 saturated heterocycles. The standard InChI is InChI=1S/C21H17F3N2O4/c1-3-12-26-19(27)17(15-6-4-5-7-16(15)29-2)18(20(26)28)25-13-8-10-14(11-9-13)30-21(22,23)24/h3-11,25H,1,12H2,2H3. The van der Waals surface area contributed by atoms with E-state index in [1.165, 1.54) is 25.3 Å². The number of ether oxygens (including phenoxy) is 2. The fraction of sp³-hybridized carbons (Fsp3) is 0.143. The molecule has 9 heteroatoms. The minimum Gasteiger partial charge on any atom is -0.496 e. The summed E-state index contributed by atoms with van der Waals surface area (Å²) in [6.07, 6.45) is -3.39. The Hall–Kier alpha value is -3.75. The summed E-state index contributed by atoms with van der Waals surface area (Å²) < 4.78 is 46.2. The number of amides is 2. The van der Waals surface area contributed by atoms with Crippen molar-refractivity contribution < 1.29 is 32.2 Å². The molecule has 6 nitrogen and oxygen atoms in total. The summed E-state index contributed by atoms with van der Waals surface area (Å²) in [6, 6.07) is 11.5. The van der Waals surface area contributed by atoms with Crippen molar-refractivity contribution in [3.8, 4) is 11.5 Å². The fourth-order valence-corrected chi connectivity index (χ4v) is 2.97. The summed E-state index contributed by atoms with van der Waals surface area (Å²) in [5.74, 6) is -1.14. The number of methoxy groups -OCH3 is 1. The van der Waals surface area contributed by atoms with Crippen molar-refractivity contribution >= 4 is 23.1 Å². The molecule has 1 heterocycles. The molecule has 1 aliphatic rings. The van der Waals surface area contributed by atoms with Crippen molar-refractivity contribution in [3.63, 3.8) is 0 Å². The lowest BCUT2D eigenvalue weighted by atomic mass is 10.0. The van der Waals surface area contributed by atoms with Crippen LogP contribution in [0.3, 0.4) is 0 Å². The maximum Gasteiger partial charge on any atom is 0.573 e. The van der Waals surface area contributed by atoms with E-state index in [9.17, 15) is 22.8 Å². The number of carbonyl (C=O) groups excluding carboxylic acids is 2. The van der Waals surface area contributed by atoms with Gasteiger partial charge < -0.3 is 14.8 Å². The first kappa shape index (κ1) is 21.0. The first-order valence-electron chi connectivity index (χ1n) is 8.72. The molecule has 0 aliphatic carbocycles. The number of hydrogen-bond acceptors (Lipinski definition) is 5. The Morgan fingerprint density at radius 2 is 1.73 bits per heavy atom. The van der Waals surface area contributed by atoms with E-state index in [1.807, 2.05) is 0 Å². The number of nitrogens with zero attached hydrogens (tertiary/aromatic N) is 1. The van der Waals surface area contributed by atoms with Crippen LogP contribution >= 0.6 is 0 Å². The number of nitrogens with one attached hydrogen (secondary N) is 1. The zero-order valence-corrected chi connectivity index (χ0v) is 15.8. The van der Waals surface area contributed by atoms with Crippen LogP contribution in [0.5, 0.6) is 11.5 Å². The molecule has 0 bridgehead atoms. The average molecular weight is 418 g/mol. The Morgan fingerprint density at radius 1 is 1.07 bits per heavy atom. The lowest BCUT2D eigenvalue weighted by Crippen LogP contribution is -2.32. The Kier molecular flexibility index (Phi) is 5.81. The molecule has 2 aromatic carbocycles. The molecule has 0 atom stereocenters. The third-order valence-electron chi connectivity index (χ3n) is 4.21. The van der Waals surface area contributed by atoms with E-state index in [-0.39, 0.29) is 17.8 Å². The number of imide groups is 1. The molecule has 1 aliphatic heterocycles. The van der Waals surface area contributed by atoms with Gasteiger partial charge in [-0.15, -0.1) is 19.8 Å². The molecule has 0 aromatic heterocycles. The topological polar surface area (TPSA) is 67.9 Å². The van der Waals surface area contributed by atoms with E-state index in [0.29, 0.717) is 17.0 Å². The van der Waals surface area contributed by atoms with E-state index < -0.39 is 23.9 Å². The van der Waals surface area contributed by atoms with Crippen LogP contribution in [0.25, 0.3) is 5.57 Å². The van der Waals surface area contributed by atoms with E-state index in [0.717, 1.165) is 17.0 Å². The van der Waals surface area contributed by atoms with Gasteiger partial charge in [-0.2, -0.15) is 0 Å². The molecule has 0 unspecified atom stereocenters. The van der Waals surface area contributed by atoms with E-state index in [1.54, 1.807) is 24.3 Å². The number of halogens is 3. The molecule has 0 saturated carbocycles. The highest BCUT2D eigenvalue weighted by Crippen LogP contribution is 2.35. The molecule has 30 heavy (non-hydrogen) atoms. The number of alkyl halides is 3. The predicted octanol–water partition coefficient (Wildman–Crippen LogP) is 3.97. The summed E-state index contributed by atoms with van der Waals surface area (Å²) in [6.45, 7) is 3.56. The molecule has 1 N–H and O–H groups in total. The van der Waals surface area contributed by atoms with E-state index in [2.05, 4.69) is 16.6 Å². The Labute approximate surface area is 170 Å². The zero-order valence-electron chi connectivity index (χ0n) is 15.8. The molecule has 3 rings (SSSR count). The van der Waals surface area contributed by atoms with Crippen LogP contribution < -0.4 is 14.8 Å². The summed E-state index contributed by atoms with van der Waals surface area (Å²) in [4.78, 5) is 26.8. The molecule has 0 spiro atoms. The number of para-hydroxylation sites is 1. The minimum absolute atomic E-state index is 0.000143. The maximum absolute atomic E-state index is 12.9. The van der Waals surface area contributed by atoms with Gasteiger partial charge in [0, 0.05) is 17.8 Å². The van der Waals surface area contributed by atoms with Crippen LogP contribution in [0.15, 0.2) is 66.9 Å². The average Bonchev–Trinajstić information content (AvgIpc) is 2.93. The molecular weight excluding hydrogens is 401 g/mol. The lowest BCUT2D eigenvalue weighted by Gasteiger charge is -2.13. The summed E-state index contributed by atoms with van der Waals surface area (Å²) in [7, 11) is 1.44. The summed E-state index contributed by atoms with van der Waals surface area (Å²) >= 11 is 0. The van der Waals surface area contributed by atoms with Gasteiger partial charge in [-0.05, 0) is 30.3 Å². The second kappa shape index (κ2) is 8.32. The van der Waals surface area contributed by atoms with Crippen LogP contribution in [0.1, 0.15) is 5.56 Å². The van der Waals surface area contributed by atoms with Crippen LogP contribution in [0.2, 0.25) is 0 Å². The highest BCUT2D eigenvalue weighted by Gasteiger charge is 2.39. The third kappa shape index (κ3) is 4.29. The molecule has 2 aromatic rings. The monoisotopic (exact) mass is 418 g/mol. The van der Waals surface area contributed by atoms with Crippen LogP contribution in [0.4, 0.5) is 18.9 Å². The molecule has 0 fully saturated rings. The van der Waals surface area contributed by atoms with E-state index in [4.69, 9.17) is 4.74 Å². The second-order valence-corrected chi connectivity index (χ2v) is 6.16. The quantitative estimate of drug-likeness (QED) is 0.544. The van der Waals surface area contributed by atoms with Gasteiger partial charge in [0.2, 0.25) is 0 Å². The van der Waals surface area contributed by atoms with Gasteiger partial charge in [0.15, 0.2) is 0 Å². The van der Waals surface area contributed by atoms with Crippen LogP contribution in [0, 0.1) is 0 Å². The van der Waals surface area contributed by atoms with Crippen molar-refractivity contribution in [2.75, 3.05) is 19.0 Å². The number of hydrogen-bond donors (Lipinski definition) is 1. The van der Waals surface area contributed by atoms with Crippen LogP contribution in [-0.4, -0.2) is 36.7 Å². The molecule has 156 valence electrons. The number of anilines is 1. The number of rotatable bonds is 7. The smallest absolute Gasteiger partial charge is 0.496 e. The highest BCUT2D eigenvalue weighted by atomic mass is 19.4. The summed E-state index contributed by atoms with van der Waals surface area (Å²) in [5.41, 5.74) is 0.781. The van der Waals surface area contributed by atoms with Gasteiger partial charge >= 0.3 is 6.36 Å². The largest absolute Gasteiger partial charge is 0.573 e. The van der Waals surface area contributed by atoms with Gasteiger partial charge in [0.05, 0.1) is 12.7 Å². The van der Waals surface area contributed by atoms with Crippen molar-refractivity contribution in [1.82, 2.24) is 4.90 Å². The minimum atomic E-state index is -4.81. The third-order valence-corrected chi connectivity index (χ3v) is 4.21. The van der Waals surface area contributed by atoms with Crippen molar-refractivity contribution in [1.29, 1.82) is 0 Å². The first-order chi connectivity index (χ1) is 14.2. The zero-order chi connectivity index (χ0) is 21.9. The second-order valence-electron chi connectivity index (χ2n) is 6.16. The van der Waals surface area contributed by atoms with Gasteiger partial charge in [0.25, 0.3) is 11.8 Å². The predicted molar refractivity (Wildman–Crippen MR) is 104 cm³/mol. The fourth-order valence-electron chi connectivity index (χ4n) is 2.97. The normalized spacial score (nSPS) is 14.2. The van der Waals surface area contributed by atoms with Crippen molar-refractivity contribution in [2.45, 2.75) is 6.36 Å². The summed E-state index contributed by atoms with van der Waals surface area (Å²) in [5, 5.41) is 2.84. The van der Waals surface area contributed by atoms with Gasteiger partial charge in [0.1, 0.15) is 17.2 Å². The molecular formula is C21H17F3N2O4. The Balaban J connectivity index is 2.01. The SMILES string of the molecule is C=CCN1C(=O)C(Nc2ccc(OC(F)(F)F)cc2)=C(c2ccccc2OC)C1=O. The number of benzene rings is 2. The van der Waals surface area contributed by atoms with Gasteiger partial charge in [-0.1, -0.05) is 24.3 Å². The van der Waals surface area contributed by atoms with Gasteiger partial charge in [-0.25, -0.2) is 0 Å². The van der Waals surface area contributed by atoms with E-state index >= 15 is 0 Å². The first-order valence-corrected chi connectivity index (χ1v) is 8.72. The van der Waals surface area contributed by atoms with Crippen molar-refractivity contribution in [2.24, 2.45) is 0 Å². The van der Waals surface area contributed by atoms with Crippen molar-refractivity contribution in [3.05, 3.63) is 72.4 Å². The van der Waals surface area contributed by atoms with Gasteiger partial charge in [-0.3, -0.25) is 14.5 Å². The Morgan fingerprint density at radius 3 is 2.33 bits per heavy atom.